The van der Waals surface area contributed by atoms with E-state index in [4.69, 9.17) is 15.7 Å². The van der Waals surface area contributed by atoms with E-state index < -0.39 is 5.41 Å². The molecule has 2 rings (SSSR count). The SMILES string of the molecule is CC1CCN(C(=O)C2(C(N)=NO)CCOCC2)CC1C. The molecule has 0 aromatic rings. The molecule has 2 fully saturated rings. The fourth-order valence-corrected chi connectivity index (χ4v) is 3.15. The van der Waals surface area contributed by atoms with Gasteiger partial charge in [-0.15, -0.1) is 0 Å². The van der Waals surface area contributed by atoms with Gasteiger partial charge < -0.3 is 20.6 Å². The van der Waals surface area contributed by atoms with Crippen LogP contribution in [0.3, 0.4) is 0 Å². The van der Waals surface area contributed by atoms with Gasteiger partial charge in [-0.05, 0) is 31.1 Å². The maximum Gasteiger partial charge on any atom is 0.236 e. The zero-order chi connectivity index (χ0) is 14.8. The van der Waals surface area contributed by atoms with E-state index in [0.29, 0.717) is 37.9 Å². The van der Waals surface area contributed by atoms with Crippen molar-refractivity contribution in [3.05, 3.63) is 0 Å². The number of oxime groups is 1. The second kappa shape index (κ2) is 5.99. The molecule has 1 amide bonds. The minimum atomic E-state index is -0.882. The lowest BCUT2D eigenvalue weighted by atomic mass is 9.76. The number of likely N-dealkylation sites (tertiary alicyclic amines) is 1. The van der Waals surface area contributed by atoms with Crippen molar-refractivity contribution >= 4 is 11.7 Å². The number of amides is 1. The summed E-state index contributed by atoms with van der Waals surface area (Å²) in [5, 5.41) is 12.2. The number of ether oxygens (including phenoxy) is 1. The van der Waals surface area contributed by atoms with Crippen LogP contribution in [0.25, 0.3) is 0 Å². The Morgan fingerprint density at radius 1 is 1.35 bits per heavy atom. The van der Waals surface area contributed by atoms with Gasteiger partial charge >= 0.3 is 0 Å². The molecule has 0 saturated carbocycles. The van der Waals surface area contributed by atoms with Gasteiger partial charge in [0.2, 0.25) is 5.91 Å². The van der Waals surface area contributed by atoms with E-state index in [1.54, 1.807) is 0 Å². The molecule has 0 aromatic heterocycles. The molecule has 0 spiro atoms. The number of carbonyl (C=O) groups excluding carboxylic acids is 1. The van der Waals surface area contributed by atoms with Crippen molar-refractivity contribution in [2.24, 2.45) is 28.1 Å². The number of hydrogen-bond donors (Lipinski definition) is 2. The van der Waals surface area contributed by atoms with E-state index in [9.17, 15) is 4.79 Å². The number of nitrogens with two attached hydrogens (primary N) is 1. The predicted octanol–water partition coefficient (Wildman–Crippen LogP) is 1.03. The number of hydrogen-bond acceptors (Lipinski definition) is 4. The summed E-state index contributed by atoms with van der Waals surface area (Å²) in [6, 6.07) is 0. The monoisotopic (exact) mass is 283 g/mol. The van der Waals surface area contributed by atoms with Crippen LogP contribution < -0.4 is 5.73 Å². The number of amidine groups is 1. The molecule has 2 unspecified atom stereocenters. The van der Waals surface area contributed by atoms with Crippen LogP contribution in [0.4, 0.5) is 0 Å². The summed E-state index contributed by atoms with van der Waals surface area (Å²) in [5.74, 6) is 1.14. The van der Waals surface area contributed by atoms with Gasteiger partial charge in [-0.1, -0.05) is 19.0 Å². The van der Waals surface area contributed by atoms with Crippen molar-refractivity contribution in [1.82, 2.24) is 4.90 Å². The van der Waals surface area contributed by atoms with Gasteiger partial charge in [0.05, 0.1) is 0 Å². The second-order valence-electron chi connectivity index (χ2n) is 6.17. The third kappa shape index (κ3) is 2.61. The van der Waals surface area contributed by atoms with Gasteiger partial charge in [-0.3, -0.25) is 4.79 Å². The largest absolute Gasteiger partial charge is 0.409 e. The maximum atomic E-state index is 12.9. The normalized spacial score (nSPS) is 31.1. The van der Waals surface area contributed by atoms with Crippen LogP contribution in [-0.4, -0.2) is 48.2 Å². The molecule has 2 atom stereocenters. The quantitative estimate of drug-likeness (QED) is 0.343. The van der Waals surface area contributed by atoms with E-state index in [1.807, 2.05) is 4.90 Å². The van der Waals surface area contributed by atoms with Crippen LogP contribution in [0.1, 0.15) is 33.1 Å². The molecule has 0 aliphatic carbocycles. The van der Waals surface area contributed by atoms with Gasteiger partial charge in [-0.25, -0.2) is 0 Å². The first-order valence-corrected chi connectivity index (χ1v) is 7.36. The van der Waals surface area contributed by atoms with Crippen LogP contribution in [-0.2, 0) is 9.53 Å². The van der Waals surface area contributed by atoms with Gasteiger partial charge in [0.25, 0.3) is 0 Å². The van der Waals surface area contributed by atoms with Crippen LogP contribution in [0.5, 0.6) is 0 Å². The Balaban J connectivity index is 2.19. The van der Waals surface area contributed by atoms with E-state index in [-0.39, 0.29) is 11.7 Å². The smallest absolute Gasteiger partial charge is 0.236 e. The van der Waals surface area contributed by atoms with Crippen molar-refractivity contribution in [2.75, 3.05) is 26.3 Å². The number of piperidine rings is 1. The average molecular weight is 283 g/mol. The summed E-state index contributed by atoms with van der Waals surface area (Å²) < 4.78 is 5.33. The lowest BCUT2D eigenvalue weighted by molar-refractivity contribution is -0.145. The molecular formula is C14H25N3O3. The molecule has 2 aliphatic heterocycles. The molecule has 2 heterocycles. The Bertz CT molecular complexity index is 391. The highest BCUT2D eigenvalue weighted by atomic mass is 16.5. The van der Waals surface area contributed by atoms with Crippen molar-refractivity contribution in [1.29, 1.82) is 0 Å². The molecule has 0 radical (unpaired) electrons. The summed E-state index contributed by atoms with van der Waals surface area (Å²) in [4.78, 5) is 14.8. The second-order valence-corrected chi connectivity index (χ2v) is 6.17. The van der Waals surface area contributed by atoms with Gasteiger partial charge in [0.1, 0.15) is 5.41 Å². The lowest BCUT2D eigenvalue weighted by Crippen LogP contribution is -2.56. The first kappa shape index (κ1) is 15.1. The number of rotatable bonds is 2. The molecular weight excluding hydrogens is 258 g/mol. The summed E-state index contributed by atoms with van der Waals surface area (Å²) >= 11 is 0. The Morgan fingerprint density at radius 3 is 2.55 bits per heavy atom. The van der Waals surface area contributed by atoms with Gasteiger partial charge in [-0.2, -0.15) is 0 Å². The Hall–Kier alpha value is -1.30. The minimum absolute atomic E-state index is 0.00477. The van der Waals surface area contributed by atoms with Crippen molar-refractivity contribution < 1.29 is 14.7 Å². The molecule has 6 nitrogen and oxygen atoms in total. The number of carbonyl (C=O) groups is 1. The van der Waals surface area contributed by atoms with Crippen LogP contribution in [0.15, 0.2) is 5.16 Å². The summed E-state index contributed by atoms with van der Waals surface area (Å²) in [5.41, 5.74) is 4.97. The molecule has 3 N–H and O–H groups in total. The summed E-state index contributed by atoms with van der Waals surface area (Å²) in [7, 11) is 0. The van der Waals surface area contributed by atoms with Crippen LogP contribution in [0.2, 0.25) is 0 Å². The van der Waals surface area contributed by atoms with Crippen LogP contribution >= 0.6 is 0 Å². The third-order valence-electron chi connectivity index (χ3n) is 4.98. The standard InChI is InChI=1S/C14H25N3O3/c1-10-3-6-17(9-11(10)2)13(18)14(12(15)16-19)4-7-20-8-5-14/h10-11,19H,3-9H2,1-2H3,(H2,15,16). The molecule has 6 heteroatoms. The highest BCUT2D eigenvalue weighted by Crippen LogP contribution is 2.35. The van der Waals surface area contributed by atoms with Gasteiger partial charge in [0.15, 0.2) is 5.84 Å². The summed E-state index contributed by atoms with van der Waals surface area (Å²) in [6.45, 7) is 6.85. The average Bonchev–Trinajstić information content (AvgIpc) is 2.49. The molecule has 114 valence electrons. The lowest BCUT2D eigenvalue weighted by Gasteiger charge is -2.42. The van der Waals surface area contributed by atoms with E-state index in [2.05, 4.69) is 19.0 Å². The highest BCUT2D eigenvalue weighted by Gasteiger charge is 2.47. The van der Waals surface area contributed by atoms with E-state index in [1.165, 1.54) is 0 Å². The first-order chi connectivity index (χ1) is 9.51. The fourth-order valence-electron chi connectivity index (χ4n) is 3.15. The van der Waals surface area contributed by atoms with Crippen molar-refractivity contribution in [2.45, 2.75) is 33.1 Å². The molecule has 0 aromatic carbocycles. The minimum Gasteiger partial charge on any atom is -0.409 e. The fraction of sp³-hybridized carbons (Fsp3) is 0.857. The highest BCUT2D eigenvalue weighted by molar-refractivity contribution is 6.06. The zero-order valence-electron chi connectivity index (χ0n) is 12.3. The predicted molar refractivity (Wildman–Crippen MR) is 75.4 cm³/mol. The van der Waals surface area contributed by atoms with Crippen molar-refractivity contribution in [3.8, 4) is 0 Å². The van der Waals surface area contributed by atoms with Crippen molar-refractivity contribution in [3.63, 3.8) is 0 Å². The molecule has 2 aliphatic rings. The van der Waals surface area contributed by atoms with Gasteiger partial charge in [0, 0.05) is 26.3 Å². The Morgan fingerprint density at radius 2 is 2.00 bits per heavy atom. The molecule has 0 bridgehead atoms. The molecule has 2 saturated heterocycles. The Labute approximate surface area is 119 Å². The maximum absolute atomic E-state index is 12.9. The van der Waals surface area contributed by atoms with Crippen LogP contribution in [0, 0.1) is 17.3 Å². The Kier molecular flexibility index (Phi) is 4.52. The number of nitrogens with zero attached hydrogens (tertiary/aromatic N) is 2. The van der Waals surface area contributed by atoms with E-state index in [0.717, 1.165) is 19.5 Å². The molecule has 20 heavy (non-hydrogen) atoms. The first-order valence-electron chi connectivity index (χ1n) is 7.36. The third-order valence-corrected chi connectivity index (χ3v) is 4.98. The zero-order valence-corrected chi connectivity index (χ0v) is 12.3. The topological polar surface area (TPSA) is 88.2 Å². The summed E-state index contributed by atoms with van der Waals surface area (Å²) in [6.07, 6.45) is 1.99. The van der Waals surface area contributed by atoms with E-state index >= 15 is 0 Å².